The quantitative estimate of drug-likeness (QED) is 0.740. The predicted molar refractivity (Wildman–Crippen MR) is 94.5 cm³/mol. The monoisotopic (exact) mass is 347 g/mol. The molecule has 0 spiro atoms. The van der Waals surface area contributed by atoms with Gasteiger partial charge in [-0.25, -0.2) is 9.89 Å². The number of aromatic amines is 1. The van der Waals surface area contributed by atoms with E-state index in [2.05, 4.69) is 15.5 Å². The molecular formula is C16H21N5O2S. The van der Waals surface area contributed by atoms with E-state index in [4.69, 9.17) is 0 Å². The second-order valence-electron chi connectivity index (χ2n) is 6.04. The average Bonchev–Trinajstić information content (AvgIpc) is 3.34. The van der Waals surface area contributed by atoms with Crippen molar-refractivity contribution in [2.45, 2.75) is 30.6 Å². The van der Waals surface area contributed by atoms with Crippen LogP contribution in [0.15, 0.2) is 34.2 Å². The van der Waals surface area contributed by atoms with Gasteiger partial charge in [0.1, 0.15) is 0 Å². The number of H-pyrrole nitrogens is 1. The first kappa shape index (κ1) is 16.6. The molecule has 1 fully saturated rings. The fourth-order valence-corrected chi connectivity index (χ4v) is 3.18. The van der Waals surface area contributed by atoms with Gasteiger partial charge in [-0.2, -0.15) is 0 Å². The molecule has 0 atom stereocenters. The van der Waals surface area contributed by atoms with Gasteiger partial charge in [-0.15, -0.1) is 5.10 Å². The summed E-state index contributed by atoms with van der Waals surface area (Å²) in [5, 5.41) is 9.93. The third-order valence-electron chi connectivity index (χ3n) is 3.86. The van der Waals surface area contributed by atoms with Crippen LogP contribution in [0.4, 0.5) is 5.69 Å². The van der Waals surface area contributed by atoms with Crippen molar-refractivity contribution in [1.29, 1.82) is 0 Å². The Bertz CT molecular complexity index is 762. The van der Waals surface area contributed by atoms with Crippen molar-refractivity contribution in [3.63, 3.8) is 0 Å². The number of carbonyl (C=O) groups excluding carboxylic acids is 1. The lowest BCUT2D eigenvalue weighted by molar-refractivity contribution is -0.118. The van der Waals surface area contributed by atoms with Crippen LogP contribution in [0, 0.1) is 0 Å². The molecule has 7 nitrogen and oxygen atoms in total. The number of hydrogen-bond donors (Lipinski definition) is 2. The molecular weight excluding hydrogens is 326 g/mol. The summed E-state index contributed by atoms with van der Waals surface area (Å²) in [5.41, 5.74) is 1.98. The summed E-state index contributed by atoms with van der Waals surface area (Å²) >= 11 is 1.29. The smallest absolute Gasteiger partial charge is 0.344 e. The van der Waals surface area contributed by atoms with Crippen LogP contribution in [0.1, 0.15) is 24.4 Å². The summed E-state index contributed by atoms with van der Waals surface area (Å²) in [6.07, 6.45) is 2.00. The van der Waals surface area contributed by atoms with Crippen molar-refractivity contribution in [2.75, 3.05) is 24.7 Å². The molecule has 24 heavy (non-hydrogen) atoms. The van der Waals surface area contributed by atoms with Crippen LogP contribution in [-0.4, -0.2) is 40.5 Å². The number of thioether (sulfide) groups is 1. The third-order valence-corrected chi connectivity index (χ3v) is 4.81. The topological polar surface area (TPSA) is 83.0 Å². The van der Waals surface area contributed by atoms with Gasteiger partial charge >= 0.3 is 5.69 Å². The maximum Gasteiger partial charge on any atom is 0.344 e. The van der Waals surface area contributed by atoms with Crippen LogP contribution in [0.25, 0.3) is 0 Å². The Hall–Kier alpha value is -2.22. The largest absolute Gasteiger partial charge is 0.378 e. The first-order valence-electron chi connectivity index (χ1n) is 7.87. The zero-order chi connectivity index (χ0) is 17.1. The number of benzene rings is 1. The molecule has 1 heterocycles. The van der Waals surface area contributed by atoms with Gasteiger partial charge in [0.2, 0.25) is 5.91 Å². The van der Waals surface area contributed by atoms with Crippen molar-refractivity contribution in [3.05, 3.63) is 40.3 Å². The highest BCUT2D eigenvalue weighted by Crippen LogP contribution is 2.35. The molecule has 0 aliphatic heterocycles. The Labute approximate surface area is 144 Å². The molecule has 1 aliphatic carbocycles. The number of hydrogen-bond acceptors (Lipinski definition) is 5. The minimum Gasteiger partial charge on any atom is -0.378 e. The van der Waals surface area contributed by atoms with Crippen LogP contribution in [0.5, 0.6) is 0 Å². The molecule has 0 saturated heterocycles. The Balaban J connectivity index is 1.48. The first-order valence-corrected chi connectivity index (χ1v) is 8.86. The molecule has 1 amide bonds. The normalized spacial score (nSPS) is 13.8. The van der Waals surface area contributed by atoms with E-state index in [0.717, 1.165) is 24.1 Å². The summed E-state index contributed by atoms with van der Waals surface area (Å²) in [5.74, 6) is 0.168. The van der Waals surface area contributed by atoms with Crippen LogP contribution in [-0.2, 0) is 11.3 Å². The van der Waals surface area contributed by atoms with E-state index >= 15 is 0 Å². The molecule has 2 aromatic rings. The van der Waals surface area contributed by atoms with E-state index in [9.17, 15) is 9.59 Å². The second kappa shape index (κ2) is 7.12. The molecule has 0 radical (unpaired) electrons. The van der Waals surface area contributed by atoms with Gasteiger partial charge in [0, 0.05) is 32.4 Å². The molecule has 0 unspecified atom stereocenters. The second-order valence-corrected chi connectivity index (χ2v) is 6.98. The molecule has 1 saturated carbocycles. The van der Waals surface area contributed by atoms with Crippen LogP contribution < -0.4 is 15.9 Å². The molecule has 1 aromatic heterocycles. The number of carbonyl (C=O) groups is 1. The van der Waals surface area contributed by atoms with Gasteiger partial charge in [-0.3, -0.25) is 9.36 Å². The number of nitrogens with zero attached hydrogens (tertiary/aromatic N) is 3. The van der Waals surface area contributed by atoms with Crippen molar-refractivity contribution < 1.29 is 4.79 Å². The van der Waals surface area contributed by atoms with Crippen molar-refractivity contribution in [1.82, 2.24) is 20.1 Å². The fraction of sp³-hybridized carbons (Fsp3) is 0.438. The zero-order valence-electron chi connectivity index (χ0n) is 13.8. The van der Waals surface area contributed by atoms with E-state index in [1.54, 1.807) is 4.57 Å². The minimum atomic E-state index is -0.193. The average molecular weight is 347 g/mol. The van der Waals surface area contributed by atoms with Crippen LogP contribution in [0.2, 0.25) is 0 Å². The molecule has 1 aromatic carbocycles. The standard InChI is InChI=1S/C16H21N5O2S/c1-20(2)12-5-3-11(4-6-12)9-17-14(22)10-24-16-19-18-15(23)21(16)13-7-8-13/h3-6,13H,7-10H2,1-2H3,(H,17,22)(H,18,23). The van der Waals surface area contributed by atoms with E-state index < -0.39 is 0 Å². The van der Waals surface area contributed by atoms with Crippen molar-refractivity contribution >= 4 is 23.4 Å². The third kappa shape index (κ3) is 4.00. The highest BCUT2D eigenvalue weighted by Gasteiger charge is 2.28. The van der Waals surface area contributed by atoms with Gasteiger partial charge in [-0.05, 0) is 30.5 Å². The Kier molecular flexibility index (Phi) is 4.94. The first-order chi connectivity index (χ1) is 11.5. The zero-order valence-corrected chi connectivity index (χ0v) is 14.6. The van der Waals surface area contributed by atoms with Gasteiger partial charge < -0.3 is 10.2 Å². The summed E-state index contributed by atoms with van der Waals surface area (Å²) in [7, 11) is 3.98. The number of rotatable bonds is 7. The molecule has 0 bridgehead atoms. The summed E-state index contributed by atoms with van der Waals surface area (Å²) < 4.78 is 1.65. The van der Waals surface area contributed by atoms with Crippen molar-refractivity contribution in [3.8, 4) is 0 Å². The fourth-order valence-electron chi connectivity index (χ4n) is 2.34. The lowest BCUT2D eigenvalue weighted by Crippen LogP contribution is -2.25. The van der Waals surface area contributed by atoms with Gasteiger partial charge in [0.25, 0.3) is 0 Å². The molecule has 8 heteroatoms. The highest BCUT2D eigenvalue weighted by molar-refractivity contribution is 7.99. The lowest BCUT2D eigenvalue weighted by Gasteiger charge is -2.12. The van der Waals surface area contributed by atoms with E-state index in [-0.39, 0.29) is 23.4 Å². The predicted octanol–water partition coefficient (Wildman–Crippen LogP) is 1.38. The number of anilines is 1. The molecule has 1 aliphatic rings. The Morgan fingerprint density at radius 1 is 1.38 bits per heavy atom. The number of amides is 1. The van der Waals surface area contributed by atoms with Crippen LogP contribution >= 0.6 is 11.8 Å². The van der Waals surface area contributed by atoms with E-state index in [0.29, 0.717) is 11.7 Å². The van der Waals surface area contributed by atoms with Gasteiger partial charge in [0.15, 0.2) is 5.16 Å². The highest BCUT2D eigenvalue weighted by atomic mass is 32.2. The maximum atomic E-state index is 12.0. The number of aromatic nitrogens is 3. The number of nitrogens with one attached hydrogen (secondary N) is 2. The summed E-state index contributed by atoms with van der Waals surface area (Å²) in [6, 6.07) is 8.29. The molecule has 3 rings (SSSR count). The minimum absolute atomic E-state index is 0.0746. The van der Waals surface area contributed by atoms with Crippen molar-refractivity contribution in [2.24, 2.45) is 0 Å². The lowest BCUT2D eigenvalue weighted by atomic mass is 10.2. The summed E-state index contributed by atoms with van der Waals surface area (Å²) in [4.78, 5) is 25.7. The molecule has 2 N–H and O–H groups in total. The van der Waals surface area contributed by atoms with Gasteiger partial charge in [0.05, 0.1) is 5.75 Å². The van der Waals surface area contributed by atoms with Crippen LogP contribution in [0.3, 0.4) is 0 Å². The SMILES string of the molecule is CN(C)c1ccc(CNC(=O)CSc2n[nH]c(=O)n2C2CC2)cc1. The molecule has 128 valence electrons. The summed E-state index contributed by atoms with van der Waals surface area (Å²) in [6.45, 7) is 0.489. The Morgan fingerprint density at radius 3 is 2.71 bits per heavy atom. The van der Waals surface area contributed by atoms with E-state index in [1.807, 2.05) is 43.3 Å². The van der Waals surface area contributed by atoms with Gasteiger partial charge in [-0.1, -0.05) is 23.9 Å². The Morgan fingerprint density at radius 2 is 2.08 bits per heavy atom. The van der Waals surface area contributed by atoms with E-state index in [1.165, 1.54) is 11.8 Å². The maximum absolute atomic E-state index is 12.0.